The summed E-state index contributed by atoms with van der Waals surface area (Å²) in [5.74, 6) is 0.0706. The number of amides is 1. The lowest BCUT2D eigenvalue weighted by atomic mass is 10.2. The van der Waals surface area contributed by atoms with Crippen LogP contribution >= 0.6 is 11.8 Å². The van der Waals surface area contributed by atoms with Gasteiger partial charge in [0.15, 0.2) is 5.69 Å². The second kappa shape index (κ2) is 5.22. The highest BCUT2D eigenvalue weighted by molar-refractivity contribution is 7.99. The lowest BCUT2D eigenvalue weighted by Gasteiger charge is -2.21. The Kier molecular flexibility index (Phi) is 3.68. The molecule has 6 nitrogen and oxygen atoms in total. The highest BCUT2D eigenvalue weighted by Gasteiger charge is 2.20. The Hall–Kier alpha value is -1.50. The normalized spacial score (nSPS) is 19.9. The molecule has 1 amide bonds. The number of hydrogen-bond acceptors (Lipinski definition) is 5. The number of carboxylic acid groups (broad SMARTS) is 1. The van der Waals surface area contributed by atoms with Crippen LogP contribution in [0, 0.1) is 0 Å². The molecule has 1 aromatic rings. The second-order valence-electron chi connectivity index (χ2n) is 3.77. The molecule has 1 fully saturated rings. The predicted molar refractivity (Wildman–Crippen MR) is 61.3 cm³/mol. The van der Waals surface area contributed by atoms with E-state index in [1.165, 1.54) is 0 Å². The van der Waals surface area contributed by atoms with E-state index in [-0.39, 0.29) is 23.4 Å². The van der Waals surface area contributed by atoms with Crippen LogP contribution in [-0.4, -0.2) is 39.7 Å². The van der Waals surface area contributed by atoms with Crippen LogP contribution in [0.2, 0.25) is 0 Å². The Morgan fingerprint density at radius 3 is 3.00 bits per heavy atom. The van der Waals surface area contributed by atoms with Crippen molar-refractivity contribution in [2.45, 2.75) is 18.9 Å². The van der Waals surface area contributed by atoms with E-state index in [1.54, 1.807) is 11.8 Å². The fraction of sp³-hybridized carbons (Fsp3) is 0.500. The van der Waals surface area contributed by atoms with Gasteiger partial charge in [0, 0.05) is 17.9 Å². The average molecular weight is 256 g/mol. The topological polar surface area (TPSA) is 92.4 Å². The lowest BCUT2D eigenvalue weighted by molar-refractivity contribution is 0.0651. The summed E-state index contributed by atoms with van der Waals surface area (Å²) in [5, 5.41) is 14.9. The van der Waals surface area contributed by atoms with Crippen molar-refractivity contribution in [2.75, 3.05) is 11.5 Å². The van der Waals surface area contributed by atoms with Crippen molar-refractivity contribution >= 4 is 23.6 Å². The molecule has 0 aromatic carbocycles. The quantitative estimate of drug-likeness (QED) is 0.838. The predicted octanol–water partition coefficient (Wildman–Crippen LogP) is 0.998. The van der Waals surface area contributed by atoms with Gasteiger partial charge in [-0.1, -0.05) is 5.16 Å². The van der Waals surface area contributed by atoms with Crippen LogP contribution in [-0.2, 0) is 0 Å². The van der Waals surface area contributed by atoms with E-state index in [0.717, 1.165) is 30.4 Å². The number of carbonyl (C=O) groups is 2. The summed E-state index contributed by atoms with van der Waals surface area (Å²) in [5.41, 5.74) is 0.0120. The van der Waals surface area contributed by atoms with Gasteiger partial charge in [0.05, 0.1) is 0 Å². The fourth-order valence-corrected chi connectivity index (χ4v) is 2.67. The third-order valence-corrected chi connectivity index (χ3v) is 3.66. The standard InChI is InChI=1S/C10H12N2O4S/c13-9(11-6-2-1-3-17-5-6)7-4-8(10(14)15)16-12-7/h4,6H,1-3,5H2,(H,11,13)(H,14,15). The minimum Gasteiger partial charge on any atom is -0.475 e. The van der Waals surface area contributed by atoms with Crippen molar-refractivity contribution in [1.29, 1.82) is 0 Å². The molecule has 7 heteroatoms. The summed E-state index contributed by atoms with van der Waals surface area (Å²) in [7, 11) is 0. The molecular weight excluding hydrogens is 244 g/mol. The van der Waals surface area contributed by atoms with Gasteiger partial charge in [0.2, 0.25) is 5.76 Å². The van der Waals surface area contributed by atoms with Crippen LogP contribution in [0.15, 0.2) is 10.6 Å². The second-order valence-corrected chi connectivity index (χ2v) is 4.92. The fourth-order valence-electron chi connectivity index (χ4n) is 1.60. The van der Waals surface area contributed by atoms with Crippen LogP contribution in [0.5, 0.6) is 0 Å². The average Bonchev–Trinajstić information content (AvgIpc) is 2.79. The molecule has 0 spiro atoms. The van der Waals surface area contributed by atoms with Crippen LogP contribution < -0.4 is 5.32 Å². The molecule has 0 radical (unpaired) electrons. The third-order valence-electron chi connectivity index (χ3n) is 2.45. The zero-order chi connectivity index (χ0) is 12.3. The minimum atomic E-state index is -1.23. The Morgan fingerprint density at radius 1 is 1.59 bits per heavy atom. The number of aromatic nitrogens is 1. The zero-order valence-electron chi connectivity index (χ0n) is 9.01. The molecule has 17 heavy (non-hydrogen) atoms. The van der Waals surface area contributed by atoms with Crippen LogP contribution in [0.1, 0.15) is 33.9 Å². The molecule has 2 N–H and O–H groups in total. The Morgan fingerprint density at radius 2 is 2.41 bits per heavy atom. The van der Waals surface area contributed by atoms with E-state index in [9.17, 15) is 9.59 Å². The molecule has 1 saturated heterocycles. The lowest BCUT2D eigenvalue weighted by Crippen LogP contribution is -2.38. The van der Waals surface area contributed by atoms with Gasteiger partial charge in [-0.25, -0.2) is 4.79 Å². The summed E-state index contributed by atoms with van der Waals surface area (Å²) < 4.78 is 4.52. The molecule has 1 atom stereocenters. The van der Waals surface area contributed by atoms with E-state index in [0.29, 0.717) is 0 Å². The first-order chi connectivity index (χ1) is 8.16. The number of carbonyl (C=O) groups excluding carboxylic acids is 1. The van der Waals surface area contributed by atoms with Gasteiger partial charge in [0.1, 0.15) is 0 Å². The molecule has 2 rings (SSSR count). The SMILES string of the molecule is O=C(NC1CCCSC1)c1cc(C(=O)O)on1. The molecule has 0 saturated carbocycles. The number of nitrogens with one attached hydrogen (secondary N) is 1. The maximum Gasteiger partial charge on any atom is 0.374 e. The molecule has 1 aliphatic rings. The third kappa shape index (κ3) is 3.00. The molecule has 1 unspecified atom stereocenters. The van der Waals surface area contributed by atoms with Gasteiger partial charge in [-0.2, -0.15) is 11.8 Å². The van der Waals surface area contributed by atoms with Crippen molar-refractivity contribution < 1.29 is 19.2 Å². The molecule has 0 bridgehead atoms. The Bertz CT molecular complexity index is 426. The first kappa shape index (κ1) is 12.0. The van der Waals surface area contributed by atoms with Crippen molar-refractivity contribution in [3.8, 4) is 0 Å². The van der Waals surface area contributed by atoms with Crippen molar-refractivity contribution in [3.63, 3.8) is 0 Å². The number of aromatic carboxylic acids is 1. The van der Waals surface area contributed by atoms with Gasteiger partial charge in [-0.05, 0) is 18.6 Å². The summed E-state index contributed by atoms with van der Waals surface area (Å²) in [4.78, 5) is 22.3. The van der Waals surface area contributed by atoms with Crippen molar-refractivity contribution in [3.05, 3.63) is 17.5 Å². The summed E-state index contributed by atoms with van der Waals surface area (Å²) in [6.07, 6.45) is 2.02. The molecular formula is C10H12N2O4S. The number of nitrogens with zero attached hydrogens (tertiary/aromatic N) is 1. The summed E-state index contributed by atoms with van der Waals surface area (Å²) in [6.45, 7) is 0. The van der Waals surface area contributed by atoms with Gasteiger partial charge < -0.3 is 14.9 Å². The monoisotopic (exact) mass is 256 g/mol. The van der Waals surface area contributed by atoms with Crippen molar-refractivity contribution in [1.82, 2.24) is 10.5 Å². The van der Waals surface area contributed by atoms with E-state index in [2.05, 4.69) is 15.0 Å². The summed E-state index contributed by atoms with van der Waals surface area (Å²) in [6, 6.07) is 1.26. The Balaban J connectivity index is 1.96. The largest absolute Gasteiger partial charge is 0.475 e. The Labute approximate surface area is 102 Å². The number of carboxylic acids is 1. The van der Waals surface area contributed by atoms with E-state index >= 15 is 0 Å². The number of thioether (sulfide) groups is 1. The highest BCUT2D eigenvalue weighted by atomic mass is 32.2. The first-order valence-corrected chi connectivity index (χ1v) is 6.41. The van der Waals surface area contributed by atoms with Crippen molar-refractivity contribution in [2.24, 2.45) is 0 Å². The van der Waals surface area contributed by atoms with E-state index in [4.69, 9.17) is 5.11 Å². The maximum atomic E-state index is 11.7. The van der Waals surface area contributed by atoms with Gasteiger partial charge in [0.25, 0.3) is 5.91 Å². The molecule has 0 aliphatic carbocycles. The van der Waals surface area contributed by atoms with Crippen LogP contribution in [0.4, 0.5) is 0 Å². The number of hydrogen-bond donors (Lipinski definition) is 2. The van der Waals surface area contributed by atoms with E-state index in [1.807, 2.05) is 0 Å². The highest BCUT2D eigenvalue weighted by Crippen LogP contribution is 2.17. The van der Waals surface area contributed by atoms with E-state index < -0.39 is 5.97 Å². The number of rotatable bonds is 3. The smallest absolute Gasteiger partial charge is 0.374 e. The minimum absolute atomic E-state index is 0.0120. The first-order valence-electron chi connectivity index (χ1n) is 5.25. The zero-order valence-corrected chi connectivity index (χ0v) is 9.83. The molecule has 92 valence electrons. The molecule has 1 aromatic heterocycles. The maximum absolute atomic E-state index is 11.7. The van der Waals surface area contributed by atoms with Gasteiger partial charge in [-0.15, -0.1) is 0 Å². The summed E-state index contributed by atoms with van der Waals surface area (Å²) >= 11 is 1.80. The van der Waals surface area contributed by atoms with Crippen LogP contribution in [0.3, 0.4) is 0 Å². The van der Waals surface area contributed by atoms with Gasteiger partial charge >= 0.3 is 5.97 Å². The van der Waals surface area contributed by atoms with Crippen LogP contribution in [0.25, 0.3) is 0 Å². The molecule has 1 aliphatic heterocycles. The molecule has 2 heterocycles. The van der Waals surface area contributed by atoms with Gasteiger partial charge in [-0.3, -0.25) is 4.79 Å².